The van der Waals surface area contributed by atoms with Crippen LogP contribution >= 0.6 is 15.9 Å². The average Bonchev–Trinajstić information content (AvgIpc) is 2.34. The Morgan fingerprint density at radius 1 is 0.647 bits per heavy atom. The van der Waals surface area contributed by atoms with Gasteiger partial charge in [-0.15, -0.1) is 0 Å². The molecule has 0 spiro atoms. The van der Waals surface area contributed by atoms with Crippen LogP contribution in [0.4, 0.5) is 0 Å². The van der Waals surface area contributed by atoms with Crippen molar-refractivity contribution in [3.05, 3.63) is 0 Å². The number of nitrogens with zero attached hydrogens (tertiary/aromatic N) is 1. The summed E-state index contributed by atoms with van der Waals surface area (Å²) in [5.41, 5.74) is 0. The summed E-state index contributed by atoms with van der Waals surface area (Å²) < 4.78 is 1.37. The molecule has 0 aliphatic rings. The summed E-state index contributed by atoms with van der Waals surface area (Å²) >= 11 is 3.66. The first-order valence-electron chi connectivity index (χ1n) is 7.65. The lowest BCUT2D eigenvalue weighted by molar-refractivity contribution is -0.926. The standard InChI is InChI=1S/C15H33BrN/c1-4-7-10-14-17(15-11-16,12-8-5-2)13-9-6-3/h4-15H2,1-3H3/q+1. The van der Waals surface area contributed by atoms with Gasteiger partial charge >= 0.3 is 0 Å². The predicted octanol–water partition coefficient (Wildman–Crippen LogP) is 4.99. The Morgan fingerprint density at radius 3 is 1.53 bits per heavy atom. The molecule has 0 amide bonds. The third-order valence-corrected chi connectivity index (χ3v) is 4.12. The van der Waals surface area contributed by atoms with Crippen molar-refractivity contribution in [1.82, 2.24) is 0 Å². The summed E-state index contributed by atoms with van der Waals surface area (Å²) in [6.45, 7) is 12.4. The molecular weight excluding hydrogens is 274 g/mol. The van der Waals surface area contributed by atoms with Gasteiger partial charge in [-0.25, -0.2) is 0 Å². The Hall–Kier alpha value is 0.440. The predicted molar refractivity (Wildman–Crippen MR) is 82.9 cm³/mol. The van der Waals surface area contributed by atoms with Crippen LogP contribution in [0.3, 0.4) is 0 Å². The van der Waals surface area contributed by atoms with E-state index in [4.69, 9.17) is 0 Å². The van der Waals surface area contributed by atoms with E-state index in [9.17, 15) is 0 Å². The molecule has 0 aliphatic heterocycles. The van der Waals surface area contributed by atoms with Crippen molar-refractivity contribution in [1.29, 1.82) is 0 Å². The minimum absolute atomic E-state index is 1.16. The van der Waals surface area contributed by atoms with Crippen molar-refractivity contribution in [3.8, 4) is 0 Å². The highest BCUT2D eigenvalue weighted by Gasteiger charge is 2.24. The number of halogens is 1. The van der Waals surface area contributed by atoms with E-state index in [0.717, 1.165) is 5.33 Å². The molecular formula is C15H33BrN+. The molecule has 0 heterocycles. The average molecular weight is 307 g/mol. The number of hydrogen-bond acceptors (Lipinski definition) is 0. The van der Waals surface area contributed by atoms with Crippen LogP contribution in [0.25, 0.3) is 0 Å². The van der Waals surface area contributed by atoms with Gasteiger partial charge in [0.25, 0.3) is 0 Å². The zero-order valence-corrected chi connectivity index (χ0v) is 13.9. The first kappa shape index (κ1) is 17.4. The van der Waals surface area contributed by atoms with Gasteiger partial charge in [-0.2, -0.15) is 0 Å². The highest BCUT2D eigenvalue weighted by Crippen LogP contribution is 2.15. The highest BCUT2D eigenvalue weighted by atomic mass is 79.9. The molecule has 0 saturated carbocycles. The smallest absolute Gasteiger partial charge is 0.0885 e. The number of quaternary nitrogens is 1. The van der Waals surface area contributed by atoms with E-state index in [1.807, 2.05) is 0 Å². The topological polar surface area (TPSA) is 0 Å². The molecule has 0 unspecified atom stereocenters. The first-order chi connectivity index (χ1) is 8.24. The minimum Gasteiger partial charge on any atom is -0.323 e. The highest BCUT2D eigenvalue weighted by molar-refractivity contribution is 9.09. The van der Waals surface area contributed by atoms with Gasteiger partial charge in [-0.1, -0.05) is 56.0 Å². The minimum atomic E-state index is 1.16. The van der Waals surface area contributed by atoms with E-state index in [1.165, 1.54) is 75.6 Å². The zero-order chi connectivity index (χ0) is 13.0. The largest absolute Gasteiger partial charge is 0.323 e. The molecule has 0 atom stereocenters. The third-order valence-electron chi connectivity index (χ3n) is 3.77. The Kier molecular flexibility index (Phi) is 11.8. The zero-order valence-electron chi connectivity index (χ0n) is 12.3. The van der Waals surface area contributed by atoms with Crippen LogP contribution in [0.2, 0.25) is 0 Å². The van der Waals surface area contributed by atoms with E-state index in [2.05, 4.69) is 36.7 Å². The molecule has 2 heteroatoms. The van der Waals surface area contributed by atoms with Crippen LogP contribution in [0.1, 0.15) is 65.7 Å². The lowest BCUT2D eigenvalue weighted by Gasteiger charge is -2.39. The van der Waals surface area contributed by atoms with E-state index >= 15 is 0 Å². The van der Waals surface area contributed by atoms with Gasteiger partial charge in [0.15, 0.2) is 0 Å². The Morgan fingerprint density at radius 2 is 1.12 bits per heavy atom. The van der Waals surface area contributed by atoms with Crippen LogP contribution in [0.15, 0.2) is 0 Å². The molecule has 17 heavy (non-hydrogen) atoms. The molecule has 0 rings (SSSR count). The molecule has 0 N–H and O–H groups in total. The fraction of sp³-hybridized carbons (Fsp3) is 1.00. The number of unbranched alkanes of at least 4 members (excludes halogenated alkanes) is 4. The number of hydrogen-bond donors (Lipinski definition) is 0. The molecule has 0 aromatic rings. The Labute approximate surface area is 118 Å². The number of alkyl halides is 1. The molecule has 104 valence electrons. The quantitative estimate of drug-likeness (QED) is 0.271. The molecule has 0 saturated heterocycles. The van der Waals surface area contributed by atoms with Gasteiger partial charge in [0.05, 0.1) is 31.5 Å². The molecule has 0 bridgehead atoms. The van der Waals surface area contributed by atoms with Gasteiger partial charge in [0.2, 0.25) is 0 Å². The van der Waals surface area contributed by atoms with Gasteiger partial charge in [-0.3, -0.25) is 0 Å². The van der Waals surface area contributed by atoms with E-state index in [0.29, 0.717) is 0 Å². The number of rotatable bonds is 12. The van der Waals surface area contributed by atoms with Gasteiger partial charge in [0, 0.05) is 0 Å². The Bertz CT molecular complexity index is 151. The first-order valence-corrected chi connectivity index (χ1v) is 8.77. The van der Waals surface area contributed by atoms with Crippen molar-refractivity contribution in [2.24, 2.45) is 0 Å². The second-order valence-electron chi connectivity index (χ2n) is 5.34. The monoisotopic (exact) mass is 306 g/mol. The van der Waals surface area contributed by atoms with E-state index in [-0.39, 0.29) is 0 Å². The maximum atomic E-state index is 3.66. The summed E-state index contributed by atoms with van der Waals surface area (Å²) in [6.07, 6.45) is 9.61. The van der Waals surface area contributed by atoms with Crippen LogP contribution in [0.5, 0.6) is 0 Å². The summed E-state index contributed by atoms with van der Waals surface area (Å²) in [5.74, 6) is 0. The SMILES string of the molecule is CCCCC[N+](CCBr)(CCCC)CCCC. The van der Waals surface area contributed by atoms with Gasteiger partial charge in [-0.05, 0) is 25.7 Å². The molecule has 0 aliphatic carbocycles. The van der Waals surface area contributed by atoms with Crippen molar-refractivity contribution in [3.63, 3.8) is 0 Å². The van der Waals surface area contributed by atoms with Crippen molar-refractivity contribution in [2.45, 2.75) is 65.7 Å². The molecule has 0 fully saturated rings. The van der Waals surface area contributed by atoms with Crippen LogP contribution in [-0.2, 0) is 0 Å². The van der Waals surface area contributed by atoms with E-state index in [1.54, 1.807) is 0 Å². The van der Waals surface area contributed by atoms with Gasteiger partial charge < -0.3 is 4.48 Å². The molecule has 0 aromatic carbocycles. The van der Waals surface area contributed by atoms with Crippen LogP contribution in [0, 0.1) is 0 Å². The molecule has 1 nitrogen and oxygen atoms in total. The van der Waals surface area contributed by atoms with E-state index < -0.39 is 0 Å². The maximum absolute atomic E-state index is 3.66. The maximum Gasteiger partial charge on any atom is 0.0885 e. The fourth-order valence-electron chi connectivity index (χ4n) is 2.53. The van der Waals surface area contributed by atoms with Crippen molar-refractivity contribution < 1.29 is 4.48 Å². The molecule has 0 radical (unpaired) electrons. The van der Waals surface area contributed by atoms with Crippen LogP contribution < -0.4 is 0 Å². The second-order valence-corrected chi connectivity index (χ2v) is 6.13. The fourth-order valence-corrected chi connectivity index (χ4v) is 3.29. The van der Waals surface area contributed by atoms with Crippen molar-refractivity contribution in [2.75, 3.05) is 31.5 Å². The lowest BCUT2D eigenvalue weighted by Crippen LogP contribution is -2.51. The summed E-state index contributed by atoms with van der Waals surface area (Å²) in [7, 11) is 0. The summed E-state index contributed by atoms with van der Waals surface area (Å²) in [4.78, 5) is 0. The summed E-state index contributed by atoms with van der Waals surface area (Å²) in [6, 6.07) is 0. The Balaban J connectivity index is 4.32. The molecule has 0 aromatic heterocycles. The normalized spacial score (nSPS) is 12.0. The van der Waals surface area contributed by atoms with Crippen LogP contribution in [-0.4, -0.2) is 36.0 Å². The second kappa shape index (κ2) is 11.5. The lowest BCUT2D eigenvalue weighted by atomic mass is 10.1. The summed E-state index contributed by atoms with van der Waals surface area (Å²) in [5, 5.41) is 1.16. The van der Waals surface area contributed by atoms with Crippen molar-refractivity contribution >= 4 is 15.9 Å². The van der Waals surface area contributed by atoms with Gasteiger partial charge in [0.1, 0.15) is 0 Å². The third kappa shape index (κ3) is 8.20.